The van der Waals surface area contributed by atoms with Crippen LogP contribution in [-0.4, -0.2) is 32.3 Å². The maximum absolute atomic E-state index is 12.9. The predicted molar refractivity (Wildman–Crippen MR) is 100.0 cm³/mol. The number of thiazole rings is 1. The van der Waals surface area contributed by atoms with Crippen molar-refractivity contribution in [2.45, 2.75) is 45.6 Å². The van der Waals surface area contributed by atoms with Crippen molar-refractivity contribution in [2.75, 3.05) is 6.54 Å². The molecule has 1 N–H and O–H groups in total. The van der Waals surface area contributed by atoms with Gasteiger partial charge in [0.2, 0.25) is 0 Å². The van der Waals surface area contributed by atoms with Crippen molar-refractivity contribution in [1.29, 1.82) is 0 Å². The van der Waals surface area contributed by atoms with E-state index in [4.69, 9.17) is 4.98 Å². The summed E-state index contributed by atoms with van der Waals surface area (Å²) in [5.74, 6) is 0.910. The molecule has 1 amide bonds. The second-order valence-electron chi connectivity index (χ2n) is 6.68. The van der Waals surface area contributed by atoms with Crippen LogP contribution in [0.25, 0.3) is 11.0 Å². The van der Waals surface area contributed by atoms with Crippen LogP contribution < -0.4 is 0 Å². The summed E-state index contributed by atoms with van der Waals surface area (Å²) in [5.41, 5.74) is 3.77. The average molecular weight is 354 g/mol. The normalized spacial score (nSPS) is 17.5. The number of benzene rings is 1. The van der Waals surface area contributed by atoms with Crippen molar-refractivity contribution < 1.29 is 4.79 Å². The number of amides is 1. The van der Waals surface area contributed by atoms with Gasteiger partial charge in [0.05, 0.1) is 22.1 Å². The van der Waals surface area contributed by atoms with Gasteiger partial charge in [-0.05, 0) is 50.3 Å². The number of hydrogen-bond acceptors (Lipinski definition) is 4. The van der Waals surface area contributed by atoms with Crippen molar-refractivity contribution >= 4 is 28.3 Å². The number of hydrogen-bond donors (Lipinski definition) is 1. The van der Waals surface area contributed by atoms with E-state index in [-0.39, 0.29) is 11.9 Å². The van der Waals surface area contributed by atoms with Crippen LogP contribution in [0.15, 0.2) is 23.6 Å². The van der Waals surface area contributed by atoms with Gasteiger partial charge >= 0.3 is 0 Å². The van der Waals surface area contributed by atoms with Crippen molar-refractivity contribution in [3.05, 3.63) is 45.7 Å². The fourth-order valence-electron chi connectivity index (χ4n) is 3.48. The summed E-state index contributed by atoms with van der Waals surface area (Å²) in [5, 5.41) is 2.94. The van der Waals surface area contributed by atoms with E-state index in [1.54, 1.807) is 11.3 Å². The highest BCUT2D eigenvalue weighted by molar-refractivity contribution is 7.09. The quantitative estimate of drug-likeness (QED) is 0.761. The number of nitrogens with zero attached hydrogens (tertiary/aromatic N) is 3. The number of H-pyrrole nitrogens is 1. The molecule has 1 saturated heterocycles. The Morgan fingerprint density at radius 2 is 2.28 bits per heavy atom. The van der Waals surface area contributed by atoms with Gasteiger partial charge in [0.15, 0.2) is 0 Å². The Balaban J connectivity index is 1.61. The Morgan fingerprint density at radius 1 is 1.40 bits per heavy atom. The average Bonchev–Trinajstić information content (AvgIpc) is 3.32. The first-order valence-corrected chi connectivity index (χ1v) is 9.75. The molecule has 1 unspecified atom stereocenters. The number of carbonyl (C=O) groups excluding carboxylic acids is 1. The fourth-order valence-corrected chi connectivity index (χ4v) is 4.35. The Morgan fingerprint density at radius 3 is 3.12 bits per heavy atom. The third kappa shape index (κ3) is 3.06. The topological polar surface area (TPSA) is 61.9 Å². The number of aromatic nitrogens is 3. The first-order valence-electron chi connectivity index (χ1n) is 8.87. The SMILES string of the molecule is CCCc1nc(C(=O)N2CCCC2c2nc3ccc(C)cc3[nH]2)cs1. The third-order valence-corrected chi connectivity index (χ3v) is 5.63. The molecule has 6 heteroatoms. The van der Waals surface area contributed by atoms with E-state index in [9.17, 15) is 4.79 Å². The van der Waals surface area contributed by atoms with E-state index < -0.39 is 0 Å². The van der Waals surface area contributed by atoms with Gasteiger partial charge in [-0.1, -0.05) is 13.0 Å². The molecule has 5 nitrogen and oxygen atoms in total. The molecule has 25 heavy (non-hydrogen) atoms. The number of carbonyl (C=O) groups is 1. The fraction of sp³-hybridized carbons (Fsp3) is 0.421. The highest BCUT2D eigenvalue weighted by Crippen LogP contribution is 2.33. The second kappa shape index (κ2) is 6.59. The number of fused-ring (bicyclic) bond motifs is 1. The molecule has 4 rings (SSSR count). The van der Waals surface area contributed by atoms with Crippen LogP contribution >= 0.6 is 11.3 Å². The monoisotopic (exact) mass is 354 g/mol. The van der Waals surface area contributed by atoms with Gasteiger partial charge in [0.1, 0.15) is 11.5 Å². The van der Waals surface area contributed by atoms with Crippen LogP contribution in [0.2, 0.25) is 0 Å². The van der Waals surface area contributed by atoms with Crippen molar-refractivity contribution in [2.24, 2.45) is 0 Å². The molecule has 1 atom stereocenters. The van der Waals surface area contributed by atoms with Gasteiger partial charge in [-0.25, -0.2) is 9.97 Å². The molecule has 130 valence electrons. The standard InChI is InChI=1S/C19H22N4OS/c1-3-5-17-20-15(11-25-17)19(24)23-9-4-6-16(23)18-21-13-8-7-12(2)10-14(13)22-18/h7-8,10-11,16H,3-6,9H2,1-2H3,(H,21,22). The van der Waals surface area contributed by atoms with Gasteiger partial charge in [0, 0.05) is 11.9 Å². The van der Waals surface area contributed by atoms with Crippen molar-refractivity contribution in [3.8, 4) is 0 Å². The summed E-state index contributed by atoms with van der Waals surface area (Å²) >= 11 is 1.58. The van der Waals surface area contributed by atoms with Gasteiger partial charge in [-0.3, -0.25) is 4.79 Å². The number of aromatic amines is 1. The Bertz CT molecular complexity index is 913. The molecule has 1 fully saturated rings. The zero-order chi connectivity index (χ0) is 17.4. The van der Waals surface area contributed by atoms with Crippen LogP contribution in [0.4, 0.5) is 0 Å². The summed E-state index contributed by atoms with van der Waals surface area (Å²) in [6, 6.07) is 6.21. The molecule has 1 aromatic carbocycles. The number of aryl methyl sites for hydroxylation is 2. The van der Waals surface area contributed by atoms with Crippen LogP contribution in [0.1, 0.15) is 59.1 Å². The Labute approximate surface area is 151 Å². The molecule has 0 saturated carbocycles. The maximum Gasteiger partial charge on any atom is 0.273 e. The predicted octanol–water partition coefficient (Wildman–Crippen LogP) is 4.26. The highest BCUT2D eigenvalue weighted by atomic mass is 32.1. The number of likely N-dealkylation sites (tertiary alicyclic amines) is 1. The van der Waals surface area contributed by atoms with Crippen LogP contribution in [0, 0.1) is 6.92 Å². The molecule has 0 spiro atoms. The number of rotatable bonds is 4. The van der Waals surface area contributed by atoms with Gasteiger partial charge < -0.3 is 9.88 Å². The second-order valence-corrected chi connectivity index (χ2v) is 7.62. The molecule has 0 bridgehead atoms. The minimum atomic E-state index is 0.0107. The Kier molecular flexibility index (Phi) is 4.29. The molecular formula is C19H22N4OS. The van der Waals surface area contributed by atoms with E-state index in [1.165, 1.54) is 5.56 Å². The zero-order valence-electron chi connectivity index (χ0n) is 14.6. The molecule has 2 aromatic heterocycles. The summed E-state index contributed by atoms with van der Waals surface area (Å²) in [6.45, 7) is 4.96. The molecule has 1 aliphatic heterocycles. The van der Waals surface area contributed by atoms with E-state index in [0.29, 0.717) is 5.69 Å². The molecule has 3 aromatic rings. The molecule has 3 heterocycles. The zero-order valence-corrected chi connectivity index (χ0v) is 15.4. The van der Waals surface area contributed by atoms with Crippen molar-refractivity contribution in [3.63, 3.8) is 0 Å². The molecule has 1 aliphatic rings. The van der Waals surface area contributed by atoms with Crippen LogP contribution in [-0.2, 0) is 6.42 Å². The Hall–Kier alpha value is -2.21. The number of nitrogens with one attached hydrogen (secondary N) is 1. The summed E-state index contributed by atoms with van der Waals surface area (Å²) in [4.78, 5) is 27.5. The van der Waals surface area contributed by atoms with Gasteiger partial charge in [0.25, 0.3) is 5.91 Å². The molecule has 0 aliphatic carbocycles. The lowest BCUT2D eigenvalue weighted by Crippen LogP contribution is -2.31. The minimum Gasteiger partial charge on any atom is -0.340 e. The highest BCUT2D eigenvalue weighted by Gasteiger charge is 2.33. The van der Waals surface area contributed by atoms with E-state index in [0.717, 1.165) is 54.1 Å². The van der Waals surface area contributed by atoms with E-state index >= 15 is 0 Å². The number of imidazole rings is 1. The lowest BCUT2D eigenvalue weighted by atomic mass is 10.2. The summed E-state index contributed by atoms with van der Waals surface area (Å²) in [7, 11) is 0. The molecular weight excluding hydrogens is 332 g/mol. The van der Waals surface area contributed by atoms with Crippen molar-refractivity contribution in [1.82, 2.24) is 19.9 Å². The smallest absolute Gasteiger partial charge is 0.273 e. The van der Waals surface area contributed by atoms with E-state index in [2.05, 4.69) is 35.9 Å². The molecule has 0 radical (unpaired) electrons. The first kappa shape index (κ1) is 16.3. The maximum atomic E-state index is 12.9. The lowest BCUT2D eigenvalue weighted by Gasteiger charge is -2.22. The van der Waals surface area contributed by atoms with E-state index in [1.807, 2.05) is 16.3 Å². The largest absolute Gasteiger partial charge is 0.340 e. The third-order valence-electron chi connectivity index (χ3n) is 4.72. The van der Waals surface area contributed by atoms with Gasteiger partial charge in [-0.2, -0.15) is 0 Å². The summed E-state index contributed by atoms with van der Waals surface area (Å²) in [6.07, 6.45) is 3.92. The summed E-state index contributed by atoms with van der Waals surface area (Å²) < 4.78 is 0. The van der Waals surface area contributed by atoms with Gasteiger partial charge in [-0.15, -0.1) is 11.3 Å². The first-order chi connectivity index (χ1) is 12.2. The van der Waals surface area contributed by atoms with Crippen LogP contribution in [0.3, 0.4) is 0 Å². The minimum absolute atomic E-state index is 0.0107. The lowest BCUT2D eigenvalue weighted by molar-refractivity contribution is 0.0725. The van der Waals surface area contributed by atoms with Crippen LogP contribution in [0.5, 0.6) is 0 Å².